The number of carbonyl (C=O) groups excluding carboxylic acids is 2. The van der Waals surface area contributed by atoms with Crippen molar-refractivity contribution in [2.75, 3.05) is 0 Å². The fraction of sp³-hybridized carbons (Fsp3) is 0.273. The summed E-state index contributed by atoms with van der Waals surface area (Å²) in [7, 11) is 4.98. The molecule has 2 N–H and O–H groups in total. The van der Waals surface area contributed by atoms with E-state index >= 15 is 0 Å². The average molecular weight is 386 g/mol. The van der Waals surface area contributed by atoms with Crippen LogP contribution in [0, 0.1) is 0 Å². The van der Waals surface area contributed by atoms with Crippen LogP contribution in [0.4, 0.5) is 0 Å². The van der Waals surface area contributed by atoms with Crippen LogP contribution in [-0.2, 0) is 0 Å². The van der Waals surface area contributed by atoms with Gasteiger partial charge >= 0.3 is 0 Å². The molecular formula is C22H29B3N2O2. The number of hydrogen-bond acceptors (Lipinski definition) is 3. The third-order valence-electron chi connectivity index (χ3n) is 4.97. The van der Waals surface area contributed by atoms with Crippen LogP contribution in [0.5, 0.6) is 0 Å². The predicted octanol–water partition coefficient (Wildman–Crippen LogP) is 2.47. The highest BCUT2D eigenvalue weighted by Crippen LogP contribution is 2.22. The van der Waals surface area contributed by atoms with E-state index < -0.39 is 11.8 Å². The second-order valence-corrected chi connectivity index (χ2v) is 7.28. The fourth-order valence-electron chi connectivity index (χ4n) is 3.25. The van der Waals surface area contributed by atoms with Crippen LogP contribution in [0.3, 0.4) is 0 Å². The summed E-state index contributed by atoms with van der Waals surface area (Å²) in [6, 6.07) is 16.9. The third kappa shape index (κ3) is 7.78. The van der Waals surface area contributed by atoms with E-state index in [1.165, 1.54) is 52.7 Å². The normalized spacial score (nSPS) is 12.8. The monoisotopic (exact) mass is 386 g/mol. The van der Waals surface area contributed by atoms with Crippen LogP contribution in [-0.4, -0.2) is 38.8 Å². The molecule has 1 aliphatic rings. The number of hydrogen-bond donors (Lipinski definition) is 1. The Bertz CT molecular complexity index is 739. The SMILES string of the molecule is BBBCC=C1CCCCC1.NN(C(=O)c1ccccc1)C(=O)c1ccccc1. The quantitative estimate of drug-likeness (QED) is 0.163. The van der Waals surface area contributed by atoms with E-state index in [2.05, 4.69) is 13.8 Å². The molecule has 1 fully saturated rings. The minimum Gasteiger partial charge on any atom is -0.267 e. The lowest BCUT2D eigenvalue weighted by Crippen LogP contribution is -2.42. The molecule has 0 aliphatic heterocycles. The maximum absolute atomic E-state index is 11.9. The van der Waals surface area contributed by atoms with Gasteiger partial charge in [-0.2, -0.15) is 0 Å². The Balaban J connectivity index is 0.000000234. The molecule has 0 atom stereocenters. The van der Waals surface area contributed by atoms with Crippen molar-refractivity contribution in [2.45, 2.75) is 38.4 Å². The molecule has 0 radical (unpaired) electrons. The molecule has 3 rings (SSSR count). The molecule has 2 aromatic rings. The van der Waals surface area contributed by atoms with E-state index in [-0.39, 0.29) is 0 Å². The first-order valence-electron chi connectivity index (χ1n) is 10.5. The molecule has 0 bridgehead atoms. The minimum atomic E-state index is -0.524. The Labute approximate surface area is 176 Å². The lowest BCUT2D eigenvalue weighted by Gasteiger charge is -2.14. The summed E-state index contributed by atoms with van der Waals surface area (Å²) >= 11 is 0. The van der Waals surface area contributed by atoms with Crippen molar-refractivity contribution in [1.82, 2.24) is 5.01 Å². The van der Waals surface area contributed by atoms with Gasteiger partial charge in [-0.3, -0.25) is 9.59 Å². The highest BCUT2D eigenvalue weighted by atomic mass is 16.2. The molecule has 0 heterocycles. The first-order valence-corrected chi connectivity index (χ1v) is 10.5. The predicted molar refractivity (Wildman–Crippen MR) is 126 cm³/mol. The van der Waals surface area contributed by atoms with Crippen molar-refractivity contribution in [3.05, 3.63) is 83.4 Å². The van der Waals surface area contributed by atoms with Gasteiger partial charge in [0.2, 0.25) is 0 Å². The van der Waals surface area contributed by atoms with E-state index in [9.17, 15) is 9.59 Å². The number of hydrazine groups is 1. The Hall–Kier alpha value is -2.53. The summed E-state index contributed by atoms with van der Waals surface area (Å²) in [5.74, 6) is 4.51. The van der Waals surface area contributed by atoms with Gasteiger partial charge in [0, 0.05) is 11.1 Å². The number of amides is 2. The molecule has 2 aromatic carbocycles. The molecule has 0 saturated heterocycles. The smallest absolute Gasteiger partial charge is 0.267 e. The second kappa shape index (κ2) is 12.8. The number of nitrogens with two attached hydrogens (primary N) is 1. The third-order valence-corrected chi connectivity index (χ3v) is 4.97. The van der Waals surface area contributed by atoms with Crippen molar-refractivity contribution in [2.24, 2.45) is 5.84 Å². The number of nitrogens with zero attached hydrogens (tertiary/aromatic N) is 1. The fourth-order valence-corrected chi connectivity index (χ4v) is 3.25. The maximum atomic E-state index is 11.9. The molecule has 7 heteroatoms. The van der Waals surface area contributed by atoms with Gasteiger partial charge in [0.15, 0.2) is 0 Å². The summed E-state index contributed by atoms with van der Waals surface area (Å²) < 4.78 is 0. The van der Waals surface area contributed by atoms with Crippen LogP contribution in [0.25, 0.3) is 0 Å². The van der Waals surface area contributed by atoms with E-state index in [4.69, 9.17) is 5.84 Å². The molecule has 0 unspecified atom stereocenters. The van der Waals surface area contributed by atoms with Crippen LogP contribution >= 0.6 is 0 Å². The zero-order valence-corrected chi connectivity index (χ0v) is 17.3. The summed E-state index contributed by atoms with van der Waals surface area (Å²) in [4.78, 5) is 23.9. The molecule has 1 saturated carbocycles. The Kier molecular flexibility index (Phi) is 10.1. The van der Waals surface area contributed by atoms with Gasteiger partial charge in [-0.25, -0.2) is 10.9 Å². The van der Waals surface area contributed by atoms with Gasteiger partial charge in [0.05, 0.1) is 22.0 Å². The Morgan fingerprint density at radius 2 is 1.38 bits per heavy atom. The molecule has 4 nitrogen and oxygen atoms in total. The summed E-state index contributed by atoms with van der Waals surface area (Å²) in [6.45, 7) is 0. The number of carbonyl (C=O) groups is 2. The van der Waals surface area contributed by atoms with Crippen LogP contribution < -0.4 is 5.84 Å². The number of rotatable bonds is 5. The molecule has 0 aromatic heterocycles. The zero-order chi connectivity index (χ0) is 20.9. The van der Waals surface area contributed by atoms with E-state index in [1.807, 2.05) is 0 Å². The van der Waals surface area contributed by atoms with Gasteiger partial charge in [0.25, 0.3) is 11.8 Å². The van der Waals surface area contributed by atoms with Crippen molar-refractivity contribution < 1.29 is 9.59 Å². The highest BCUT2D eigenvalue weighted by molar-refractivity contribution is 7.23. The lowest BCUT2D eigenvalue weighted by atomic mass is 9.27. The number of allylic oxidation sites excluding steroid dienone is 2. The molecule has 29 heavy (non-hydrogen) atoms. The Morgan fingerprint density at radius 3 is 1.83 bits per heavy atom. The summed E-state index contributed by atoms with van der Waals surface area (Å²) in [6.07, 6.45) is 10.9. The van der Waals surface area contributed by atoms with Crippen molar-refractivity contribution in [1.29, 1.82) is 0 Å². The minimum absolute atomic E-state index is 0.379. The molecule has 148 valence electrons. The maximum Gasteiger partial charge on any atom is 0.275 e. The zero-order valence-electron chi connectivity index (χ0n) is 17.3. The van der Waals surface area contributed by atoms with Crippen molar-refractivity contribution in [3.63, 3.8) is 0 Å². The lowest BCUT2D eigenvalue weighted by molar-refractivity contribution is 0.0615. The number of benzene rings is 2. The standard InChI is InChI=1S/C14H12N2O2.C8H17B3/c15-16(13(17)11-7-3-1-4-8-11)14(18)12-9-5-2-6-10-12;9-11-10-7-6-8-4-2-1-3-5-8/h1-10H,15H2;6,10-11H,1-5,7,9H2. The first-order chi connectivity index (χ1) is 14.1. The van der Waals surface area contributed by atoms with Gasteiger partial charge < -0.3 is 0 Å². The van der Waals surface area contributed by atoms with Gasteiger partial charge in [-0.15, -0.1) is 0 Å². The van der Waals surface area contributed by atoms with Gasteiger partial charge in [-0.1, -0.05) is 60.8 Å². The molecule has 2 amide bonds. The first kappa shape index (κ1) is 22.8. The Morgan fingerprint density at radius 1 is 0.897 bits per heavy atom. The molecular weight excluding hydrogens is 357 g/mol. The molecule has 0 spiro atoms. The topological polar surface area (TPSA) is 63.4 Å². The van der Waals surface area contributed by atoms with E-state index in [1.54, 1.807) is 66.2 Å². The van der Waals surface area contributed by atoms with E-state index in [0.29, 0.717) is 16.1 Å². The second-order valence-electron chi connectivity index (χ2n) is 7.28. The van der Waals surface area contributed by atoms with Crippen molar-refractivity contribution >= 4 is 33.8 Å². The van der Waals surface area contributed by atoms with Crippen LogP contribution in [0.1, 0.15) is 52.8 Å². The van der Waals surface area contributed by atoms with Crippen LogP contribution in [0.2, 0.25) is 6.32 Å². The summed E-state index contributed by atoms with van der Waals surface area (Å²) in [5, 5.41) is 0.630. The number of imide groups is 1. The van der Waals surface area contributed by atoms with E-state index in [0.717, 1.165) is 0 Å². The summed E-state index contributed by atoms with van der Waals surface area (Å²) in [5.41, 5.74) is 2.50. The van der Waals surface area contributed by atoms with Gasteiger partial charge in [-0.05, 0) is 49.9 Å². The highest BCUT2D eigenvalue weighted by Gasteiger charge is 2.20. The van der Waals surface area contributed by atoms with Crippen LogP contribution in [0.15, 0.2) is 72.3 Å². The average Bonchev–Trinajstić information content (AvgIpc) is 2.80. The van der Waals surface area contributed by atoms with Gasteiger partial charge in [0.1, 0.15) is 0 Å². The largest absolute Gasteiger partial charge is 0.275 e. The van der Waals surface area contributed by atoms with Crippen molar-refractivity contribution in [3.8, 4) is 0 Å². The molecule has 1 aliphatic carbocycles.